The fraction of sp³-hybridized carbons (Fsp3) is 0.619. The summed E-state index contributed by atoms with van der Waals surface area (Å²) in [5.74, 6) is 23.5. The highest BCUT2D eigenvalue weighted by molar-refractivity contribution is 5.27. The van der Waals surface area contributed by atoms with Gasteiger partial charge in [-0.25, -0.2) is 0 Å². The van der Waals surface area contributed by atoms with Gasteiger partial charge < -0.3 is 10.6 Å². The molecule has 2 heteroatoms. The van der Waals surface area contributed by atoms with E-state index in [1.807, 2.05) is 0 Å². The van der Waals surface area contributed by atoms with Crippen LogP contribution >= 0.6 is 0 Å². The molecule has 23 heavy (non-hydrogen) atoms. The molecule has 0 heterocycles. The van der Waals surface area contributed by atoms with Gasteiger partial charge >= 0.3 is 0 Å². The van der Waals surface area contributed by atoms with Crippen molar-refractivity contribution in [1.82, 2.24) is 10.6 Å². The minimum Gasteiger partial charge on any atom is -0.301 e. The van der Waals surface area contributed by atoms with Crippen LogP contribution in [0.3, 0.4) is 0 Å². The van der Waals surface area contributed by atoms with E-state index in [9.17, 15) is 0 Å². The normalized spacial score (nSPS) is 10.0. The summed E-state index contributed by atoms with van der Waals surface area (Å²) in [6.45, 7) is 14.1. The minimum absolute atomic E-state index is 0.104. The third-order valence-corrected chi connectivity index (χ3v) is 2.50. The molecule has 0 aliphatic carbocycles. The molecule has 0 aromatic rings. The summed E-state index contributed by atoms with van der Waals surface area (Å²) in [6, 6.07) is 0. The Morgan fingerprint density at radius 1 is 0.565 bits per heavy atom. The SMILES string of the molecule is CC(C)(C)NCC#CC#CCCCC#CC#CCNC(C)(C)C. The Balaban J connectivity index is 3.73. The Morgan fingerprint density at radius 3 is 1.26 bits per heavy atom. The Labute approximate surface area is 143 Å². The van der Waals surface area contributed by atoms with E-state index >= 15 is 0 Å². The highest BCUT2D eigenvalue weighted by atomic mass is 14.9. The van der Waals surface area contributed by atoms with Crippen LogP contribution in [0.5, 0.6) is 0 Å². The molecule has 2 N–H and O–H groups in total. The first-order valence-electron chi connectivity index (χ1n) is 8.12. The first kappa shape index (κ1) is 21.2. The molecule has 0 amide bonds. The van der Waals surface area contributed by atoms with Gasteiger partial charge in [0, 0.05) is 23.9 Å². The van der Waals surface area contributed by atoms with Crippen molar-refractivity contribution in [3.8, 4) is 47.4 Å². The fourth-order valence-corrected chi connectivity index (χ4v) is 1.27. The Morgan fingerprint density at radius 2 is 0.913 bits per heavy atom. The molecule has 0 aromatic heterocycles. The summed E-state index contributed by atoms with van der Waals surface area (Å²) in [7, 11) is 0. The summed E-state index contributed by atoms with van der Waals surface area (Å²) >= 11 is 0. The molecule has 0 unspecified atom stereocenters. The first-order chi connectivity index (χ1) is 10.7. The van der Waals surface area contributed by atoms with E-state index in [0.29, 0.717) is 13.1 Å². The van der Waals surface area contributed by atoms with Crippen LogP contribution in [-0.4, -0.2) is 24.2 Å². The van der Waals surface area contributed by atoms with Gasteiger partial charge in [-0.3, -0.25) is 0 Å². The zero-order valence-corrected chi connectivity index (χ0v) is 15.5. The zero-order valence-electron chi connectivity index (χ0n) is 15.5. The van der Waals surface area contributed by atoms with E-state index < -0.39 is 0 Å². The Kier molecular flexibility index (Phi) is 10.8. The molecule has 124 valence electrons. The molecule has 2 nitrogen and oxygen atoms in total. The van der Waals surface area contributed by atoms with E-state index in [-0.39, 0.29) is 11.1 Å². The number of hydrogen-bond acceptors (Lipinski definition) is 2. The van der Waals surface area contributed by atoms with Gasteiger partial charge in [-0.2, -0.15) is 0 Å². The third-order valence-electron chi connectivity index (χ3n) is 2.50. The van der Waals surface area contributed by atoms with Crippen molar-refractivity contribution in [3.63, 3.8) is 0 Å². The van der Waals surface area contributed by atoms with Crippen LogP contribution in [0.1, 0.15) is 60.8 Å². The van der Waals surface area contributed by atoms with E-state index in [2.05, 4.69) is 99.5 Å². The number of rotatable bonds is 4. The fourth-order valence-electron chi connectivity index (χ4n) is 1.27. The lowest BCUT2D eigenvalue weighted by molar-refractivity contribution is 0.452. The molecular weight excluding hydrogens is 280 g/mol. The van der Waals surface area contributed by atoms with Gasteiger partial charge in [0.05, 0.1) is 13.1 Å². The van der Waals surface area contributed by atoms with Crippen molar-refractivity contribution in [3.05, 3.63) is 0 Å². The second-order valence-corrected chi connectivity index (χ2v) is 7.27. The van der Waals surface area contributed by atoms with Crippen LogP contribution in [0.2, 0.25) is 0 Å². The summed E-state index contributed by atoms with van der Waals surface area (Å²) in [6.07, 6.45) is 2.62. The summed E-state index contributed by atoms with van der Waals surface area (Å²) in [5, 5.41) is 6.59. The van der Waals surface area contributed by atoms with Gasteiger partial charge in [0.1, 0.15) is 0 Å². The molecule has 0 bridgehead atoms. The van der Waals surface area contributed by atoms with Gasteiger partial charge in [0.25, 0.3) is 0 Å². The van der Waals surface area contributed by atoms with Crippen molar-refractivity contribution in [2.75, 3.05) is 13.1 Å². The summed E-state index contributed by atoms with van der Waals surface area (Å²) < 4.78 is 0. The second-order valence-electron chi connectivity index (χ2n) is 7.27. The van der Waals surface area contributed by atoms with Crippen LogP contribution < -0.4 is 10.6 Å². The molecule has 0 spiro atoms. The Hall–Kier alpha value is -1.84. The lowest BCUT2D eigenvalue weighted by Crippen LogP contribution is -2.35. The molecule has 0 aliphatic rings. The standard InChI is InChI=1S/C21H30N2/c1-20(2,3)22-18-16-14-12-10-8-7-9-11-13-15-17-19-23-21(4,5)6/h22-23H,7-9,18-19H2,1-6H3. The largest absolute Gasteiger partial charge is 0.301 e. The predicted octanol–water partition coefficient (Wildman–Crippen LogP) is 2.95. The maximum Gasteiger partial charge on any atom is 0.0590 e. The van der Waals surface area contributed by atoms with Crippen molar-refractivity contribution in [1.29, 1.82) is 0 Å². The molecule has 0 aliphatic heterocycles. The monoisotopic (exact) mass is 310 g/mol. The first-order valence-corrected chi connectivity index (χ1v) is 8.12. The van der Waals surface area contributed by atoms with Gasteiger partial charge in [-0.05, 0) is 71.6 Å². The van der Waals surface area contributed by atoms with Crippen molar-refractivity contribution < 1.29 is 0 Å². The molecular formula is C21H30N2. The van der Waals surface area contributed by atoms with Gasteiger partial charge in [0.15, 0.2) is 0 Å². The van der Waals surface area contributed by atoms with Crippen LogP contribution in [0.25, 0.3) is 0 Å². The maximum atomic E-state index is 3.29. The zero-order chi connectivity index (χ0) is 17.6. The maximum absolute atomic E-state index is 3.29. The molecule has 0 saturated carbocycles. The minimum atomic E-state index is 0.104. The van der Waals surface area contributed by atoms with Crippen LogP contribution in [0.15, 0.2) is 0 Å². The van der Waals surface area contributed by atoms with E-state index in [1.54, 1.807) is 0 Å². The summed E-state index contributed by atoms with van der Waals surface area (Å²) in [5.41, 5.74) is 0.207. The second kappa shape index (κ2) is 11.7. The predicted molar refractivity (Wildman–Crippen MR) is 100 cm³/mol. The van der Waals surface area contributed by atoms with Crippen molar-refractivity contribution >= 4 is 0 Å². The van der Waals surface area contributed by atoms with Crippen LogP contribution in [0.4, 0.5) is 0 Å². The molecule has 0 rings (SSSR count). The molecule has 0 radical (unpaired) electrons. The smallest absolute Gasteiger partial charge is 0.0590 e. The Bertz CT molecular complexity index is 516. The van der Waals surface area contributed by atoms with E-state index in [1.165, 1.54) is 0 Å². The quantitative estimate of drug-likeness (QED) is 0.616. The average Bonchev–Trinajstić information content (AvgIpc) is 2.40. The van der Waals surface area contributed by atoms with Crippen molar-refractivity contribution in [2.24, 2.45) is 0 Å². The van der Waals surface area contributed by atoms with E-state index in [4.69, 9.17) is 0 Å². The van der Waals surface area contributed by atoms with Gasteiger partial charge in [-0.1, -0.05) is 23.7 Å². The molecule has 0 fully saturated rings. The lowest BCUT2D eigenvalue weighted by Gasteiger charge is -2.17. The van der Waals surface area contributed by atoms with Crippen LogP contribution in [0, 0.1) is 47.4 Å². The number of hydrogen-bond donors (Lipinski definition) is 2. The molecule has 0 aromatic carbocycles. The number of nitrogens with one attached hydrogen (secondary N) is 2. The topological polar surface area (TPSA) is 24.1 Å². The average molecular weight is 310 g/mol. The lowest BCUT2D eigenvalue weighted by atomic mass is 10.1. The van der Waals surface area contributed by atoms with Gasteiger partial charge in [-0.15, -0.1) is 0 Å². The van der Waals surface area contributed by atoms with E-state index in [0.717, 1.165) is 19.3 Å². The molecule has 0 atom stereocenters. The number of unbranched alkanes of at least 4 members (excludes halogenated alkanes) is 2. The van der Waals surface area contributed by atoms with Gasteiger partial charge in [0.2, 0.25) is 0 Å². The third kappa shape index (κ3) is 20.2. The highest BCUT2D eigenvalue weighted by Gasteiger charge is 2.06. The van der Waals surface area contributed by atoms with Crippen LogP contribution in [-0.2, 0) is 0 Å². The summed E-state index contributed by atoms with van der Waals surface area (Å²) in [4.78, 5) is 0. The highest BCUT2D eigenvalue weighted by Crippen LogP contribution is 1.96. The van der Waals surface area contributed by atoms with Crippen molar-refractivity contribution in [2.45, 2.75) is 71.9 Å². The molecule has 0 saturated heterocycles.